The Morgan fingerprint density at radius 2 is 2.22 bits per heavy atom. The fourth-order valence-electron chi connectivity index (χ4n) is 1.94. The third kappa shape index (κ3) is 3.57. The first kappa shape index (κ1) is 16.0. The van der Waals surface area contributed by atoms with Crippen LogP contribution in [0.5, 0.6) is 0 Å². The molecule has 0 radical (unpaired) electrons. The van der Waals surface area contributed by atoms with Gasteiger partial charge in [-0.15, -0.1) is 11.3 Å². The number of aromatic nitrogens is 3. The van der Waals surface area contributed by atoms with Crippen LogP contribution in [0.2, 0.25) is 5.02 Å². The number of thiazole rings is 1. The summed E-state index contributed by atoms with van der Waals surface area (Å²) in [5.74, 6) is -0.186. The van der Waals surface area contributed by atoms with Crippen LogP contribution >= 0.6 is 34.7 Å². The number of hydrogen-bond acceptors (Lipinski definition) is 5. The Balaban J connectivity index is 1.89. The number of benzene rings is 1. The van der Waals surface area contributed by atoms with Crippen LogP contribution in [-0.4, -0.2) is 20.4 Å². The zero-order valence-corrected chi connectivity index (χ0v) is 14.8. The van der Waals surface area contributed by atoms with Gasteiger partial charge in [-0.3, -0.25) is 4.79 Å². The Kier molecular flexibility index (Phi) is 4.70. The van der Waals surface area contributed by atoms with Crippen molar-refractivity contribution < 1.29 is 4.79 Å². The molecule has 2 heterocycles. The van der Waals surface area contributed by atoms with Crippen molar-refractivity contribution in [2.24, 2.45) is 7.05 Å². The van der Waals surface area contributed by atoms with Gasteiger partial charge in [-0.2, -0.15) is 0 Å². The molecule has 0 aliphatic rings. The molecule has 5 nitrogen and oxygen atoms in total. The predicted octanol–water partition coefficient (Wildman–Crippen LogP) is 4.24. The normalized spacial score (nSPS) is 10.7. The van der Waals surface area contributed by atoms with E-state index < -0.39 is 0 Å². The summed E-state index contributed by atoms with van der Waals surface area (Å²) in [5, 5.41) is 4.31. The van der Waals surface area contributed by atoms with Gasteiger partial charge in [-0.25, -0.2) is 9.97 Å². The number of nitrogens with zero attached hydrogens (tertiary/aromatic N) is 3. The molecule has 3 aromatic rings. The standard InChI is InChI=1S/C15H13ClN4OS2/c1-9-13(22-8-18-9)14(21)19-11-7-10(16)3-4-12(11)23-15-17-5-6-20(15)2/h3-8H,1-2H3,(H,19,21). The molecule has 3 rings (SSSR count). The van der Waals surface area contributed by atoms with E-state index in [9.17, 15) is 4.79 Å². The second-order valence-corrected chi connectivity index (χ2v) is 7.08. The van der Waals surface area contributed by atoms with Crippen molar-refractivity contribution in [3.63, 3.8) is 0 Å². The Labute approximate surface area is 146 Å². The summed E-state index contributed by atoms with van der Waals surface area (Å²) in [6.45, 7) is 1.81. The lowest BCUT2D eigenvalue weighted by atomic mass is 10.3. The van der Waals surface area contributed by atoms with Crippen LogP contribution in [0.15, 0.2) is 46.2 Å². The molecule has 0 bridgehead atoms. The molecular formula is C15H13ClN4OS2. The maximum atomic E-state index is 12.4. The number of amides is 1. The van der Waals surface area contributed by atoms with E-state index in [0.717, 1.165) is 10.1 Å². The molecule has 0 aliphatic heterocycles. The summed E-state index contributed by atoms with van der Waals surface area (Å²) < 4.78 is 1.91. The zero-order valence-electron chi connectivity index (χ0n) is 12.4. The first-order valence-corrected chi connectivity index (χ1v) is 8.78. The van der Waals surface area contributed by atoms with Gasteiger partial charge < -0.3 is 9.88 Å². The van der Waals surface area contributed by atoms with E-state index >= 15 is 0 Å². The molecular weight excluding hydrogens is 352 g/mol. The fraction of sp³-hybridized carbons (Fsp3) is 0.133. The van der Waals surface area contributed by atoms with Crippen molar-refractivity contribution in [2.45, 2.75) is 17.0 Å². The minimum absolute atomic E-state index is 0.186. The van der Waals surface area contributed by atoms with Crippen molar-refractivity contribution in [1.82, 2.24) is 14.5 Å². The smallest absolute Gasteiger partial charge is 0.267 e. The Bertz CT molecular complexity index is 859. The maximum Gasteiger partial charge on any atom is 0.267 e. The SMILES string of the molecule is Cc1ncsc1C(=O)Nc1cc(Cl)ccc1Sc1nccn1C. The molecule has 0 atom stereocenters. The van der Waals surface area contributed by atoms with E-state index in [0.29, 0.717) is 21.3 Å². The average molecular weight is 365 g/mol. The molecule has 0 unspecified atom stereocenters. The number of anilines is 1. The zero-order chi connectivity index (χ0) is 16.4. The number of nitrogens with one attached hydrogen (secondary N) is 1. The third-order valence-electron chi connectivity index (χ3n) is 3.12. The summed E-state index contributed by atoms with van der Waals surface area (Å²) in [7, 11) is 1.92. The molecule has 0 saturated carbocycles. The van der Waals surface area contributed by atoms with Crippen LogP contribution in [0, 0.1) is 6.92 Å². The van der Waals surface area contributed by atoms with E-state index in [1.807, 2.05) is 30.8 Å². The van der Waals surface area contributed by atoms with Gasteiger partial charge in [0.2, 0.25) is 0 Å². The molecule has 2 aromatic heterocycles. The third-order valence-corrected chi connectivity index (χ3v) is 5.43. The highest BCUT2D eigenvalue weighted by molar-refractivity contribution is 7.99. The summed E-state index contributed by atoms with van der Waals surface area (Å²) in [6, 6.07) is 5.40. The summed E-state index contributed by atoms with van der Waals surface area (Å²) >= 11 is 8.86. The van der Waals surface area contributed by atoms with Crippen LogP contribution in [0.4, 0.5) is 5.69 Å². The molecule has 0 fully saturated rings. The van der Waals surface area contributed by atoms with E-state index in [4.69, 9.17) is 11.6 Å². The van der Waals surface area contributed by atoms with Crippen LogP contribution in [0.1, 0.15) is 15.4 Å². The molecule has 8 heteroatoms. The summed E-state index contributed by atoms with van der Waals surface area (Å²) in [4.78, 5) is 22.3. The molecule has 0 aliphatic carbocycles. The lowest BCUT2D eigenvalue weighted by molar-refractivity contribution is 0.102. The minimum atomic E-state index is -0.186. The molecule has 1 aromatic carbocycles. The van der Waals surface area contributed by atoms with Crippen molar-refractivity contribution in [3.05, 3.63) is 51.7 Å². The largest absolute Gasteiger partial charge is 0.329 e. The van der Waals surface area contributed by atoms with Gasteiger partial charge in [0.05, 0.1) is 16.9 Å². The predicted molar refractivity (Wildman–Crippen MR) is 93.6 cm³/mol. The van der Waals surface area contributed by atoms with Gasteiger partial charge >= 0.3 is 0 Å². The lowest BCUT2D eigenvalue weighted by Crippen LogP contribution is -2.12. The highest BCUT2D eigenvalue weighted by Crippen LogP contribution is 2.34. The number of carbonyl (C=O) groups excluding carboxylic acids is 1. The molecule has 118 valence electrons. The maximum absolute atomic E-state index is 12.4. The Hall–Kier alpha value is -1.83. The quantitative estimate of drug-likeness (QED) is 0.752. The Morgan fingerprint density at radius 3 is 2.87 bits per heavy atom. The van der Waals surface area contributed by atoms with Gasteiger partial charge in [-0.1, -0.05) is 11.6 Å². The monoisotopic (exact) mass is 364 g/mol. The van der Waals surface area contributed by atoms with E-state index in [1.54, 1.807) is 23.8 Å². The first-order valence-electron chi connectivity index (χ1n) is 6.71. The van der Waals surface area contributed by atoms with Crippen LogP contribution in [0.3, 0.4) is 0 Å². The van der Waals surface area contributed by atoms with Gasteiger partial charge in [0.1, 0.15) is 4.88 Å². The number of aryl methyl sites for hydroxylation is 2. The van der Waals surface area contributed by atoms with Crippen LogP contribution in [0.25, 0.3) is 0 Å². The topological polar surface area (TPSA) is 59.8 Å². The van der Waals surface area contributed by atoms with Gasteiger partial charge in [-0.05, 0) is 36.9 Å². The van der Waals surface area contributed by atoms with Crippen LogP contribution in [-0.2, 0) is 7.05 Å². The van der Waals surface area contributed by atoms with E-state index in [-0.39, 0.29) is 5.91 Å². The fourth-order valence-corrected chi connectivity index (χ4v) is 3.68. The molecule has 0 saturated heterocycles. The second kappa shape index (κ2) is 6.74. The number of imidazole rings is 1. The van der Waals surface area contributed by atoms with Crippen LogP contribution < -0.4 is 5.32 Å². The average Bonchev–Trinajstić information content (AvgIpc) is 3.11. The van der Waals surface area contributed by atoms with Gasteiger partial charge in [0.15, 0.2) is 5.16 Å². The molecule has 0 spiro atoms. The second-order valence-electron chi connectivity index (χ2n) is 4.78. The number of carbonyl (C=O) groups is 1. The highest BCUT2D eigenvalue weighted by atomic mass is 35.5. The number of rotatable bonds is 4. The van der Waals surface area contributed by atoms with Gasteiger partial charge in [0, 0.05) is 29.4 Å². The van der Waals surface area contributed by atoms with Crippen molar-refractivity contribution in [1.29, 1.82) is 0 Å². The van der Waals surface area contributed by atoms with Crippen molar-refractivity contribution in [3.8, 4) is 0 Å². The molecule has 1 amide bonds. The van der Waals surface area contributed by atoms with Gasteiger partial charge in [0.25, 0.3) is 5.91 Å². The van der Waals surface area contributed by atoms with Crippen molar-refractivity contribution >= 4 is 46.3 Å². The highest BCUT2D eigenvalue weighted by Gasteiger charge is 2.15. The Morgan fingerprint density at radius 1 is 1.39 bits per heavy atom. The number of halogens is 1. The van der Waals surface area contributed by atoms with E-state index in [2.05, 4.69) is 15.3 Å². The molecule has 23 heavy (non-hydrogen) atoms. The first-order chi connectivity index (χ1) is 11.0. The van der Waals surface area contributed by atoms with Crippen molar-refractivity contribution in [2.75, 3.05) is 5.32 Å². The number of hydrogen-bond donors (Lipinski definition) is 1. The summed E-state index contributed by atoms with van der Waals surface area (Å²) in [6.07, 6.45) is 3.61. The van der Waals surface area contributed by atoms with E-state index in [1.165, 1.54) is 23.1 Å². The lowest BCUT2D eigenvalue weighted by Gasteiger charge is -2.11. The summed E-state index contributed by atoms with van der Waals surface area (Å²) in [5.41, 5.74) is 3.03. The minimum Gasteiger partial charge on any atom is -0.329 e. The molecule has 1 N–H and O–H groups in total.